The number of hydrogen-bond acceptors (Lipinski definition) is 4. The van der Waals surface area contributed by atoms with Gasteiger partial charge in [0.25, 0.3) is 5.91 Å². The predicted molar refractivity (Wildman–Crippen MR) is 76.5 cm³/mol. The first-order valence-corrected chi connectivity index (χ1v) is 6.94. The van der Waals surface area contributed by atoms with Crippen LogP contribution in [0, 0.1) is 6.92 Å². The average molecular weight is 293 g/mol. The van der Waals surface area contributed by atoms with Gasteiger partial charge in [0.15, 0.2) is 6.10 Å². The van der Waals surface area contributed by atoms with Crippen LogP contribution in [0.2, 0.25) is 0 Å². The van der Waals surface area contributed by atoms with Crippen LogP contribution in [0.25, 0.3) is 0 Å². The molecule has 1 aromatic carbocycles. The number of carbonyl (C=O) groups is 2. The molecule has 0 spiro atoms. The second kappa shape index (κ2) is 6.58. The molecule has 1 fully saturated rings. The van der Waals surface area contributed by atoms with Crippen LogP contribution in [0.1, 0.15) is 25.3 Å². The van der Waals surface area contributed by atoms with Gasteiger partial charge in [-0.2, -0.15) is 0 Å². The number of anilines is 1. The number of aliphatic carboxylic acids is 1. The zero-order valence-electron chi connectivity index (χ0n) is 12.1. The molecule has 2 unspecified atom stereocenters. The van der Waals surface area contributed by atoms with Crippen molar-refractivity contribution >= 4 is 17.6 Å². The van der Waals surface area contributed by atoms with E-state index in [1.807, 2.05) is 19.9 Å². The SMILES string of the molecule is CCOc1ccc(NC(=O)C2CCC(C(=O)O)O2)c(C)c1. The molecule has 114 valence electrons. The Balaban J connectivity index is 1.98. The molecule has 0 aromatic heterocycles. The first-order chi connectivity index (χ1) is 10.0. The zero-order valence-corrected chi connectivity index (χ0v) is 12.1. The fraction of sp³-hybridized carbons (Fsp3) is 0.467. The predicted octanol–water partition coefficient (Wildman–Crippen LogP) is 1.96. The Kier molecular flexibility index (Phi) is 4.80. The Morgan fingerprint density at radius 1 is 1.38 bits per heavy atom. The fourth-order valence-corrected chi connectivity index (χ4v) is 2.26. The lowest BCUT2D eigenvalue weighted by molar-refractivity contribution is -0.150. The van der Waals surface area contributed by atoms with Gasteiger partial charge >= 0.3 is 5.97 Å². The van der Waals surface area contributed by atoms with Crippen LogP contribution in [0.5, 0.6) is 5.75 Å². The highest BCUT2D eigenvalue weighted by atomic mass is 16.5. The molecule has 1 amide bonds. The first kappa shape index (κ1) is 15.3. The summed E-state index contributed by atoms with van der Waals surface area (Å²) in [4.78, 5) is 22.9. The van der Waals surface area contributed by atoms with Gasteiger partial charge in [0, 0.05) is 5.69 Å². The number of aryl methyl sites for hydroxylation is 1. The Morgan fingerprint density at radius 2 is 2.10 bits per heavy atom. The number of hydrogen-bond donors (Lipinski definition) is 2. The molecular formula is C15H19NO5. The van der Waals surface area contributed by atoms with Crippen molar-refractivity contribution in [2.24, 2.45) is 0 Å². The number of carboxylic acid groups (broad SMARTS) is 1. The summed E-state index contributed by atoms with van der Waals surface area (Å²) in [5, 5.41) is 11.6. The first-order valence-electron chi connectivity index (χ1n) is 6.94. The van der Waals surface area contributed by atoms with Crippen LogP contribution in [-0.4, -0.2) is 35.8 Å². The van der Waals surface area contributed by atoms with Crippen LogP contribution in [0.3, 0.4) is 0 Å². The standard InChI is InChI=1S/C15H19NO5/c1-3-20-10-4-5-11(9(2)8-10)16-14(17)12-6-7-13(21-12)15(18)19/h4-5,8,12-13H,3,6-7H2,1-2H3,(H,16,17)(H,18,19). The van der Waals surface area contributed by atoms with Gasteiger partial charge in [-0.3, -0.25) is 4.79 Å². The van der Waals surface area contributed by atoms with Crippen molar-refractivity contribution in [3.63, 3.8) is 0 Å². The summed E-state index contributed by atoms with van der Waals surface area (Å²) in [6.07, 6.45) is -0.826. The van der Waals surface area contributed by atoms with Gasteiger partial charge in [-0.15, -0.1) is 0 Å². The normalized spacial score (nSPS) is 21.0. The molecule has 2 N–H and O–H groups in total. The lowest BCUT2D eigenvalue weighted by Crippen LogP contribution is -2.30. The Bertz CT molecular complexity index is 543. The topological polar surface area (TPSA) is 84.9 Å². The van der Waals surface area contributed by atoms with Gasteiger partial charge in [-0.05, 0) is 50.5 Å². The lowest BCUT2D eigenvalue weighted by atomic mass is 10.1. The molecule has 1 aliphatic heterocycles. The second-order valence-electron chi connectivity index (χ2n) is 4.93. The summed E-state index contributed by atoms with van der Waals surface area (Å²) in [5.74, 6) is -0.593. The maximum Gasteiger partial charge on any atom is 0.332 e. The van der Waals surface area contributed by atoms with Gasteiger partial charge in [-0.1, -0.05) is 0 Å². The number of rotatable bonds is 5. The maximum atomic E-state index is 12.1. The largest absolute Gasteiger partial charge is 0.494 e. The molecule has 0 bridgehead atoms. The van der Waals surface area contributed by atoms with E-state index in [2.05, 4.69) is 5.32 Å². The van der Waals surface area contributed by atoms with Crippen LogP contribution >= 0.6 is 0 Å². The van der Waals surface area contributed by atoms with Crippen molar-refractivity contribution in [2.45, 2.75) is 38.9 Å². The summed E-state index contributed by atoms with van der Waals surface area (Å²) < 4.78 is 10.6. The molecule has 1 aliphatic rings. The lowest BCUT2D eigenvalue weighted by Gasteiger charge is -2.14. The summed E-state index contributed by atoms with van der Waals surface area (Å²) in [5.41, 5.74) is 1.55. The molecule has 6 nitrogen and oxygen atoms in total. The smallest absolute Gasteiger partial charge is 0.332 e. The van der Waals surface area contributed by atoms with Gasteiger partial charge in [-0.25, -0.2) is 4.79 Å². The third kappa shape index (κ3) is 3.72. The molecule has 6 heteroatoms. The van der Waals surface area contributed by atoms with Crippen molar-refractivity contribution < 1.29 is 24.2 Å². The van der Waals surface area contributed by atoms with Crippen molar-refractivity contribution in [1.29, 1.82) is 0 Å². The number of carbonyl (C=O) groups excluding carboxylic acids is 1. The fourth-order valence-electron chi connectivity index (χ4n) is 2.26. The number of ether oxygens (including phenoxy) is 2. The van der Waals surface area contributed by atoms with Crippen LogP contribution in [-0.2, 0) is 14.3 Å². The maximum absolute atomic E-state index is 12.1. The van der Waals surface area contributed by atoms with E-state index in [4.69, 9.17) is 14.6 Å². The summed E-state index contributed by atoms with van der Waals surface area (Å²) in [6.45, 7) is 4.35. The molecular weight excluding hydrogens is 274 g/mol. The molecule has 21 heavy (non-hydrogen) atoms. The Labute approximate surface area is 123 Å². The van der Waals surface area contributed by atoms with E-state index in [0.29, 0.717) is 25.1 Å². The third-order valence-electron chi connectivity index (χ3n) is 3.35. The molecule has 0 saturated carbocycles. The highest BCUT2D eigenvalue weighted by molar-refractivity contribution is 5.95. The number of carboxylic acids is 1. The average Bonchev–Trinajstić information content (AvgIpc) is 2.92. The number of amides is 1. The minimum absolute atomic E-state index is 0.314. The van der Waals surface area contributed by atoms with E-state index < -0.39 is 18.2 Å². The van der Waals surface area contributed by atoms with Gasteiger partial charge < -0.3 is 19.9 Å². The minimum atomic E-state index is -1.03. The molecule has 2 rings (SSSR count). The minimum Gasteiger partial charge on any atom is -0.494 e. The number of nitrogens with one attached hydrogen (secondary N) is 1. The van der Waals surface area contributed by atoms with Crippen molar-refractivity contribution in [1.82, 2.24) is 0 Å². The van der Waals surface area contributed by atoms with E-state index in [0.717, 1.165) is 11.3 Å². The molecule has 1 saturated heterocycles. The molecule has 0 aliphatic carbocycles. The molecule has 2 atom stereocenters. The summed E-state index contributed by atoms with van der Waals surface area (Å²) in [7, 11) is 0. The van der Waals surface area contributed by atoms with Crippen LogP contribution < -0.4 is 10.1 Å². The molecule has 1 heterocycles. The van der Waals surface area contributed by atoms with E-state index in [-0.39, 0.29) is 5.91 Å². The van der Waals surface area contributed by atoms with E-state index in [1.165, 1.54) is 0 Å². The van der Waals surface area contributed by atoms with E-state index in [9.17, 15) is 9.59 Å². The highest BCUT2D eigenvalue weighted by Gasteiger charge is 2.34. The number of benzene rings is 1. The summed E-state index contributed by atoms with van der Waals surface area (Å²) >= 11 is 0. The second-order valence-corrected chi connectivity index (χ2v) is 4.93. The van der Waals surface area contributed by atoms with E-state index >= 15 is 0 Å². The van der Waals surface area contributed by atoms with E-state index in [1.54, 1.807) is 12.1 Å². The molecule has 0 radical (unpaired) electrons. The Morgan fingerprint density at radius 3 is 2.67 bits per heavy atom. The van der Waals surface area contributed by atoms with Gasteiger partial charge in [0.2, 0.25) is 0 Å². The monoisotopic (exact) mass is 293 g/mol. The van der Waals surface area contributed by atoms with Crippen molar-refractivity contribution in [3.8, 4) is 5.75 Å². The van der Waals surface area contributed by atoms with Crippen LogP contribution in [0.15, 0.2) is 18.2 Å². The quantitative estimate of drug-likeness (QED) is 0.867. The Hall–Kier alpha value is -2.08. The van der Waals surface area contributed by atoms with Crippen molar-refractivity contribution in [3.05, 3.63) is 23.8 Å². The van der Waals surface area contributed by atoms with Crippen LogP contribution in [0.4, 0.5) is 5.69 Å². The highest BCUT2D eigenvalue weighted by Crippen LogP contribution is 2.24. The molecule has 1 aromatic rings. The zero-order chi connectivity index (χ0) is 15.4. The third-order valence-corrected chi connectivity index (χ3v) is 3.35. The van der Waals surface area contributed by atoms with Gasteiger partial charge in [0.1, 0.15) is 11.9 Å². The summed E-state index contributed by atoms with van der Waals surface area (Å²) in [6, 6.07) is 5.39. The van der Waals surface area contributed by atoms with Crippen molar-refractivity contribution in [2.75, 3.05) is 11.9 Å². The van der Waals surface area contributed by atoms with Gasteiger partial charge in [0.05, 0.1) is 6.61 Å².